The predicted octanol–water partition coefficient (Wildman–Crippen LogP) is 4.76. The topological polar surface area (TPSA) is 29.1 Å². The van der Waals surface area contributed by atoms with Crippen molar-refractivity contribution in [3.8, 4) is 0 Å². The number of alkyl halides is 2. The molecule has 0 aliphatic heterocycles. The number of rotatable bonds is 5. The summed E-state index contributed by atoms with van der Waals surface area (Å²) in [5, 5.41) is 3.73. The number of benzene rings is 2. The standard InChI is InChI=1S/C19H18Cl3NO/c20-14-7-5-12(6-8-14)9-10-23-19(24)16-11-13-3-1-2-4-15(13)17(16)18(21)22/h1-8,16-18H,9-11H2,(H,23,24). The van der Waals surface area contributed by atoms with Crippen LogP contribution in [-0.4, -0.2) is 17.3 Å². The molecular weight excluding hydrogens is 365 g/mol. The molecule has 5 heteroatoms. The molecular formula is C19H18Cl3NO. The number of carbonyl (C=O) groups is 1. The fourth-order valence-electron chi connectivity index (χ4n) is 3.31. The van der Waals surface area contributed by atoms with E-state index in [1.54, 1.807) is 0 Å². The Balaban J connectivity index is 1.61. The number of nitrogens with one attached hydrogen (secondary N) is 1. The molecule has 126 valence electrons. The Morgan fingerprint density at radius 3 is 2.54 bits per heavy atom. The van der Waals surface area contributed by atoms with E-state index in [-0.39, 0.29) is 17.7 Å². The Labute approximate surface area is 157 Å². The van der Waals surface area contributed by atoms with Crippen LogP contribution in [0.5, 0.6) is 0 Å². The van der Waals surface area contributed by atoms with Crippen molar-refractivity contribution in [1.29, 1.82) is 0 Å². The molecule has 1 aliphatic carbocycles. The van der Waals surface area contributed by atoms with Crippen LogP contribution in [0.2, 0.25) is 5.02 Å². The number of hydrogen-bond acceptors (Lipinski definition) is 1. The number of amides is 1. The molecule has 0 aromatic heterocycles. The molecule has 2 aromatic carbocycles. The molecule has 0 saturated carbocycles. The van der Waals surface area contributed by atoms with E-state index in [2.05, 4.69) is 5.32 Å². The van der Waals surface area contributed by atoms with Gasteiger partial charge < -0.3 is 5.32 Å². The van der Waals surface area contributed by atoms with Gasteiger partial charge in [-0.15, -0.1) is 23.2 Å². The maximum absolute atomic E-state index is 12.6. The van der Waals surface area contributed by atoms with Gasteiger partial charge in [-0.3, -0.25) is 4.79 Å². The average molecular weight is 383 g/mol. The molecule has 24 heavy (non-hydrogen) atoms. The van der Waals surface area contributed by atoms with Crippen LogP contribution in [0.3, 0.4) is 0 Å². The Bertz CT molecular complexity index is 715. The van der Waals surface area contributed by atoms with E-state index >= 15 is 0 Å². The first kappa shape index (κ1) is 17.6. The van der Waals surface area contributed by atoms with Gasteiger partial charge in [-0.05, 0) is 41.7 Å². The van der Waals surface area contributed by atoms with Gasteiger partial charge in [0.1, 0.15) is 4.84 Å². The first-order chi connectivity index (χ1) is 11.6. The van der Waals surface area contributed by atoms with Gasteiger partial charge in [-0.25, -0.2) is 0 Å². The SMILES string of the molecule is O=C(NCCc1ccc(Cl)cc1)C1Cc2ccccc2C1C(Cl)Cl. The minimum Gasteiger partial charge on any atom is -0.356 e. The Morgan fingerprint density at radius 1 is 1.12 bits per heavy atom. The molecule has 2 unspecified atom stereocenters. The van der Waals surface area contributed by atoms with Crippen LogP contribution in [0.4, 0.5) is 0 Å². The van der Waals surface area contributed by atoms with Crippen LogP contribution in [-0.2, 0) is 17.6 Å². The van der Waals surface area contributed by atoms with E-state index in [1.165, 1.54) is 0 Å². The quantitative estimate of drug-likeness (QED) is 0.742. The van der Waals surface area contributed by atoms with E-state index in [0.29, 0.717) is 18.0 Å². The van der Waals surface area contributed by atoms with Gasteiger partial charge in [0.2, 0.25) is 5.91 Å². The third-order valence-electron chi connectivity index (χ3n) is 4.52. The first-order valence-corrected chi connectivity index (χ1v) is 9.19. The van der Waals surface area contributed by atoms with Crippen LogP contribution in [0.15, 0.2) is 48.5 Å². The van der Waals surface area contributed by atoms with Crippen LogP contribution in [0.1, 0.15) is 22.6 Å². The van der Waals surface area contributed by atoms with Crippen molar-refractivity contribution >= 4 is 40.7 Å². The van der Waals surface area contributed by atoms with Crippen molar-refractivity contribution in [2.24, 2.45) is 5.92 Å². The zero-order valence-electron chi connectivity index (χ0n) is 13.0. The average Bonchev–Trinajstić information content (AvgIpc) is 2.96. The molecule has 1 aliphatic rings. The third kappa shape index (κ3) is 3.88. The van der Waals surface area contributed by atoms with Crippen LogP contribution >= 0.6 is 34.8 Å². The number of fused-ring (bicyclic) bond motifs is 1. The highest BCUT2D eigenvalue weighted by atomic mass is 35.5. The summed E-state index contributed by atoms with van der Waals surface area (Å²) in [6, 6.07) is 15.6. The lowest BCUT2D eigenvalue weighted by Crippen LogP contribution is -2.35. The molecule has 0 radical (unpaired) electrons. The summed E-state index contributed by atoms with van der Waals surface area (Å²) in [6.45, 7) is 0.579. The maximum Gasteiger partial charge on any atom is 0.224 e. The molecule has 0 saturated heterocycles. The monoisotopic (exact) mass is 381 g/mol. The molecule has 2 nitrogen and oxygen atoms in total. The third-order valence-corrected chi connectivity index (χ3v) is 5.32. The zero-order valence-corrected chi connectivity index (χ0v) is 15.3. The molecule has 0 bridgehead atoms. The molecule has 0 fully saturated rings. The van der Waals surface area contributed by atoms with Crippen molar-refractivity contribution in [3.05, 3.63) is 70.2 Å². The number of carbonyl (C=O) groups excluding carboxylic acids is 1. The summed E-state index contributed by atoms with van der Waals surface area (Å²) in [5.41, 5.74) is 3.38. The van der Waals surface area contributed by atoms with E-state index in [9.17, 15) is 4.79 Å². The lowest BCUT2D eigenvalue weighted by atomic mass is 9.93. The van der Waals surface area contributed by atoms with Gasteiger partial charge in [-0.1, -0.05) is 48.0 Å². The highest BCUT2D eigenvalue weighted by molar-refractivity contribution is 6.45. The van der Waals surface area contributed by atoms with Crippen LogP contribution < -0.4 is 5.32 Å². The van der Waals surface area contributed by atoms with Crippen molar-refractivity contribution in [2.75, 3.05) is 6.54 Å². The minimum absolute atomic E-state index is 0.0106. The summed E-state index contributed by atoms with van der Waals surface area (Å²) in [7, 11) is 0. The lowest BCUT2D eigenvalue weighted by Gasteiger charge is -2.21. The molecule has 0 spiro atoms. The lowest BCUT2D eigenvalue weighted by molar-refractivity contribution is -0.125. The minimum atomic E-state index is -0.597. The molecule has 1 N–H and O–H groups in total. The van der Waals surface area contributed by atoms with Gasteiger partial charge in [-0.2, -0.15) is 0 Å². The van der Waals surface area contributed by atoms with Gasteiger partial charge >= 0.3 is 0 Å². The molecule has 3 rings (SSSR count). The van der Waals surface area contributed by atoms with E-state index in [4.69, 9.17) is 34.8 Å². The summed E-state index contributed by atoms with van der Waals surface area (Å²) in [5.74, 6) is -0.357. The van der Waals surface area contributed by atoms with Gasteiger partial charge in [0.05, 0.1) is 5.92 Å². The Kier molecular flexibility index (Phi) is 5.70. The second kappa shape index (κ2) is 7.77. The summed E-state index contributed by atoms with van der Waals surface area (Å²) < 4.78 is 0. The van der Waals surface area contributed by atoms with Crippen molar-refractivity contribution in [3.63, 3.8) is 0 Å². The normalized spacial score (nSPS) is 19.3. The van der Waals surface area contributed by atoms with E-state index in [0.717, 1.165) is 23.1 Å². The highest BCUT2D eigenvalue weighted by Gasteiger charge is 2.40. The first-order valence-electron chi connectivity index (χ1n) is 7.94. The second-order valence-electron chi connectivity index (χ2n) is 6.04. The molecule has 2 atom stereocenters. The van der Waals surface area contributed by atoms with Crippen molar-refractivity contribution in [1.82, 2.24) is 5.32 Å². The molecule has 0 heterocycles. The molecule has 1 amide bonds. The van der Waals surface area contributed by atoms with Gasteiger partial charge in [0.25, 0.3) is 0 Å². The second-order valence-corrected chi connectivity index (χ2v) is 7.64. The van der Waals surface area contributed by atoms with E-state index < -0.39 is 4.84 Å². The fraction of sp³-hybridized carbons (Fsp3) is 0.316. The van der Waals surface area contributed by atoms with Gasteiger partial charge in [0.15, 0.2) is 0 Å². The summed E-state index contributed by atoms with van der Waals surface area (Å²) in [4.78, 5) is 12.0. The summed E-state index contributed by atoms with van der Waals surface area (Å²) in [6.07, 6.45) is 1.45. The maximum atomic E-state index is 12.6. The largest absolute Gasteiger partial charge is 0.356 e. The zero-order chi connectivity index (χ0) is 17.1. The van der Waals surface area contributed by atoms with Crippen molar-refractivity contribution < 1.29 is 4.79 Å². The molecule has 2 aromatic rings. The van der Waals surface area contributed by atoms with E-state index in [1.807, 2.05) is 48.5 Å². The number of halogens is 3. The Hall–Kier alpha value is -1.22. The smallest absolute Gasteiger partial charge is 0.224 e. The highest BCUT2D eigenvalue weighted by Crippen LogP contribution is 2.43. The summed E-state index contributed by atoms with van der Waals surface area (Å²) >= 11 is 18.2. The fourth-order valence-corrected chi connectivity index (χ4v) is 4.05. The van der Waals surface area contributed by atoms with Gasteiger partial charge in [0, 0.05) is 17.5 Å². The predicted molar refractivity (Wildman–Crippen MR) is 100 cm³/mol. The Morgan fingerprint density at radius 2 is 1.83 bits per heavy atom. The van der Waals surface area contributed by atoms with Crippen molar-refractivity contribution in [2.45, 2.75) is 23.6 Å². The number of hydrogen-bond donors (Lipinski definition) is 1. The van der Waals surface area contributed by atoms with Crippen LogP contribution in [0.25, 0.3) is 0 Å². The van der Waals surface area contributed by atoms with Crippen LogP contribution in [0, 0.1) is 5.92 Å².